The van der Waals surface area contributed by atoms with E-state index in [2.05, 4.69) is 16.9 Å². The number of H-pyrrole nitrogens is 1. The second kappa shape index (κ2) is 7.27. The summed E-state index contributed by atoms with van der Waals surface area (Å²) in [6.45, 7) is 6.39. The van der Waals surface area contributed by atoms with Gasteiger partial charge in [-0.25, -0.2) is 4.98 Å². The monoisotopic (exact) mass is 366 g/mol. The summed E-state index contributed by atoms with van der Waals surface area (Å²) in [6, 6.07) is 0. The molecule has 7 heteroatoms. The summed E-state index contributed by atoms with van der Waals surface area (Å²) in [5.41, 5.74) is 1.08. The van der Waals surface area contributed by atoms with Crippen LogP contribution < -0.4 is 5.56 Å². The predicted molar refractivity (Wildman–Crippen MR) is 98.0 cm³/mol. The highest BCUT2D eigenvalue weighted by molar-refractivity contribution is 8.00. The van der Waals surface area contributed by atoms with E-state index in [4.69, 9.17) is 4.74 Å². The fourth-order valence-corrected chi connectivity index (χ4v) is 5.16. The van der Waals surface area contributed by atoms with Crippen molar-refractivity contribution >= 4 is 39.3 Å². The highest BCUT2D eigenvalue weighted by atomic mass is 32.2. The number of esters is 1. The molecular formula is C17H22N2O3S2. The molecule has 24 heavy (non-hydrogen) atoms. The molecule has 0 fully saturated rings. The zero-order chi connectivity index (χ0) is 17.3. The minimum atomic E-state index is -0.397. The van der Waals surface area contributed by atoms with Gasteiger partial charge in [-0.05, 0) is 44.1 Å². The van der Waals surface area contributed by atoms with Crippen molar-refractivity contribution in [3.63, 3.8) is 0 Å². The number of hydrogen-bond acceptors (Lipinski definition) is 6. The molecule has 0 saturated heterocycles. The Hall–Kier alpha value is -1.34. The summed E-state index contributed by atoms with van der Waals surface area (Å²) >= 11 is 2.86. The third kappa shape index (κ3) is 3.52. The number of hydrogen-bond donors (Lipinski definition) is 1. The van der Waals surface area contributed by atoms with Gasteiger partial charge in [-0.2, -0.15) is 0 Å². The summed E-state index contributed by atoms with van der Waals surface area (Å²) in [5, 5.41) is 0.833. The van der Waals surface area contributed by atoms with Gasteiger partial charge in [0.2, 0.25) is 0 Å². The summed E-state index contributed by atoms with van der Waals surface area (Å²) in [6.07, 6.45) is 3.89. The maximum Gasteiger partial charge on any atom is 0.319 e. The number of aryl methyl sites for hydroxylation is 1. The zero-order valence-corrected chi connectivity index (χ0v) is 15.8. The van der Waals surface area contributed by atoms with Crippen LogP contribution in [0.25, 0.3) is 10.2 Å². The number of carbonyl (C=O) groups is 1. The Morgan fingerprint density at radius 2 is 2.33 bits per heavy atom. The van der Waals surface area contributed by atoms with E-state index in [1.165, 1.54) is 22.2 Å². The van der Waals surface area contributed by atoms with Gasteiger partial charge in [0, 0.05) is 4.88 Å². The molecule has 0 aromatic carbocycles. The Balaban J connectivity index is 1.86. The van der Waals surface area contributed by atoms with Crippen LogP contribution in [0.5, 0.6) is 0 Å². The fraction of sp³-hybridized carbons (Fsp3) is 0.588. The molecule has 0 amide bonds. The summed E-state index contributed by atoms with van der Waals surface area (Å²) in [5.74, 6) is 0.385. The van der Waals surface area contributed by atoms with Crippen molar-refractivity contribution in [3.05, 3.63) is 20.8 Å². The van der Waals surface area contributed by atoms with Crippen LogP contribution in [0.3, 0.4) is 0 Å². The second-order valence-corrected chi connectivity index (χ2v) is 8.74. The zero-order valence-electron chi connectivity index (χ0n) is 14.2. The van der Waals surface area contributed by atoms with E-state index >= 15 is 0 Å². The number of nitrogens with zero attached hydrogens (tertiary/aromatic N) is 1. The number of ether oxygens (including phenoxy) is 1. The molecule has 1 aliphatic rings. The SMILES string of the molecule is CCCOC(=O)[C@H](C)Sc1nc2sc3c(c2c(=O)[nH]1)CC[C@H](C)C3. The molecule has 2 atom stereocenters. The van der Waals surface area contributed by atoms with Crippen molar-refractivity contribution in [2.45, 2.75) is 56.9 Å². The smallest absolute Gasteiger partial charge is 0.319 e. The molecule has 1 aliphatic carbocycles. The van der Waals surface area contributed by atoms with E-state index in [0.29, 0.717) is 17.7 Å². The summed E-state index contributed by atoms with van der Waals surface area (Å²) in [7, 11) is 0. The van der Waals surface area contributed by atoms with Crippen LogP contribution in [0.4, 0.5) is 0 Å². The summed E-state index contributed by atoms with van der Waals surface area (Å²) < 4.78 is 5.14. The number of aromatic amines is 1. The predicted octanol–water partition coefficient (Wildman–Crippen LogP) is 3.54. The van der Waals surface area contributed by atoms with Gasteiger partial charge in [0.25, 0.3) is 5.56 Å². The molecule has 5 nitrogen and oxygen atoms in total. The van der Waals surface area contributed by atoms with Crippen molar-refractivity contribution < 1.29 is 9.53 Å². The van der Waals surface area contributed by atoms with Crippen LogP contribution in [-0.4, -0.2) is 27.8 Å². The van der Waals surface area contributed by atoms with Crippen molar-refractivity contribution in [2.75, 3.05) is 6.61 Å². The highest BCUT2D eigenvalue weighted by Gasteiger charge is 2.24. The molecule has 3 rings (SSSR count). The average molecular weight is 367 g/mol. The average Bonchev–Trinajstić information content (AvgIpc) is 2.89. The van der Waals surface area contributed by atoms with Crippen molar-refractivity contribution in [2.24, 2.45) is 5.92 Å². The molecule has 0 bridgehead atoms. The van der Waals surface area contributed by atoms with Gasteiger partial charge in [-0.1, -0.05) is 25.6 Å². The first-order chi connectivity index (χ1) is 11.5. The third-order valence-electron chi connectivity index (χ3n) is 4.21. The van der Waals surface area contributed by atoms with Crippen LogP contribution in [0.1, 0.15) is 44.1 Å². The van der Waals surface area contributed by atoms with E-state index in [1.807, 2.05) is 6.92 Å². The van der Waals surface area contributed by atoms with Crippen molar-refractivity contribution in [1.29, 1.82) is 0 Å². The highest BCUT2D eigenvalue weighted by Crippen LogP contribution is 2.36. The standard InChI is InChI=1S/C17H22N2O3S2/c1-4-7-22-16(21)10(3)23-17-18-14(20)13-11-6-5-9(2)8-12(11)24-15(13)19-17/h9-10H,4-8H2,1-3H3,(H,18,19,20)/t9-,10-/m0/s1. The van der Waals surface area contributed by atoms with Crippen molar-refractivity contribution in [3.8, 4) is 0 Å². The van der Waals surface area contributed by atoms with Crippen LogP contribution >= 0.6 is 23.1 Å². The van der Waals surface area contributed by atoms with Crippen molar-refractivity contribution in [1.82, 2.24) is 9.97 Å². The van der Waals surface area contributed by atoms with E-state index < -0.39 is 5.25 Å². The van der Waals surface area contributed by atoms with Gasteiger partial charge < -0.3 is 9.72 Å². The molecule has 0 saturated carbocycles. The molecule has 2 aromatic heterocycles. The van der Waals surface area contributed by atoms with Crippen LogP contribution in [0.2, 0.25) is 0 Å². The lowest BCUT2D eigenvalue weighted by Crippen LogP contribution is -2.19. The van der Waals surface area contributed by atoms with E-state index in [9.17, 15) is 9.59 Å². The minimum absolute atomic E-state index is 0.0938. The number of thioether (sulfide) groups is 1. The molecular weight excluding hydrogens is 344 g/mol. The lowest BCUT2D eigenvalue weighted by atomic mass is 9.89. The van der Waals surface area contributed by atoms with E-state index in [1.54, 1.807) is 18.3 Å². The van der Waals surface area contributed by atoms with Gasteiger partial charge in [-0.3, -0.25) is 9.59 Å². The van der Waals surface area contributed by atoms with E-state index in [0.717, 1.165) is 35.9 Å². The lowest BCUT2D eigenvalue weighted by molar-refractivity contribution is -0.142. The maximum atomic E-state index is 12.5. The van der Waals surface area contributed by atoms with Crippen LogP contribution in [-0.2, 0) is 22.4 Å². The number of fused-ring (bicyclic) bond motifs is 3. The first-order valence-electron chi connectivity index (χ1n) is 8.37. The van der Waals surface area contributed by atoms with Crippen LogP contribution in [0, 0.1) is 5.92 Å². The van der Waals surface area contributed by atoms with Gasteiger partial charge >= 0.3 is 5.97 Å². The summed E-state index contributed by atoms with van der Waals surface area (Å²) in [4.78, 5) is 33.9. The van der Waals surface area contributed by atoms with Gasteiger partial charge in [0.1, 0.15) is 10.1 Å². The molecule has 130 valence electrons. The van der Waals surface area contributed by atoms with Gasteiger partial charge in [0.15, 0.2) is 5.16 Å². The maximum absolute atomic E-state index is 12.5. The lowest BCUT2D eigenvalue weighted by Gasteiger charge is -2.17. The topological polar surface area (TPSA) is 72.0 Å². The largest absolute Gasteiger partial charge is 0.465 e. The fourth-order valence-electron chi connectivity index (χ4n) is 2.92. The first-order valence-corrected chi connectivity index (χ1v) is 10.1. The molecule has 0 radical (unpaired) electrons. The molecule has 0 aliphatic heterocycles. The molecule has 2 heterocycles. The van der Waals surface area contributed by atoms with E-state index in [-0.39, 0.29) is 11.5 Å². The number of nitrogens with one attached hydrogen (secondary N) is 1. The number of thiophene rings is 1. The molecule has 1 N–H and O–H groups in total. The molecule has 0 spiro atoms. The number of aromatic nitrogens is 2. The Morgan fingerprint density at radius 1 is 1.54 bits per heavy atom. The number of carbonyl (C=O) groups excluding carboxylic acids is 1. The normalized spacial score (nSPS) is 18.4. The third-order valence-corrected chi connectivity index (χ3v) is 6.32. The van der Waals surface area contributed by atoms with Gasteiger partial charge in [0.05, 0.1) is 12.0 Å². The minimum Gasteiger partial charge on any atom is -0.465 e. The Labute approximate surface area is 149 Å². The Morgan fingerprint density at radius 3 is 3.08 bits per heavy atom. The molecule has 0 unspecified atom stereocenters. The Bertz CT molecular complexity index is 812. The van der Waals surface area contributed by atoms with Crippen LogP contribution in [0.15, 0.2) is 9.95 Å². The quantitative estimate of drug-likeness (QED) is 0.498. The molecule has 2 aromatic rings. The second-order valence-electron chi connectivity index (χ2n) is 6.33. The van der Waals surface area contributed by atoms with Gasteiger partial charge in [-0.15, -0.1) is 11.3 Å². The Kier molecular flexibility index (Phi) is 5.30. The first kappa shape index (κ1) is 17.5. The number of rotatable bonds is 5.